The largest absolute Gasteiger partial charge is 0.491 e. The monoisotopic (exact) mass is 409 g/mol. The highest BCUT2D eigenvalue weighted by atomic mass is 16.5. The molecule has 0 radical (unpaired) electrons. The van der Waals surface area contributed by atoms with Crippen molar-refractivity contribution in [2.75, 3.05) is 39.3 Å². The predicted molar refractivity (Wildman–Crippen MR) is 117 cm³/mol. The second-order valence-electron chi connectivity index (χ2n) is 8.12. The van der Waals surface area contributed by atoms with Crippen LogP contribution >= 0.6 is 0 Å². The molecule has 2 aliphatic heterocycles. The zero-order valence-electron chi connectivity index (χ0n) is 17.6. The van der Waals surface area contributed by atoms with Gasteiger partial charge in [0.05, 0.1) is 18.2 Å². The maximum absolute atomic E-state index is 13.1. The summed E-state index contributed by atoms with van der Waals surface area (Å²) in [6, 6.07) is 14.2. The van der Waals surface area contributed by atoms with Crippen LogP contribution in [0, 0.1) is 0 Å². The lowest BCUT2D eigenvalue weighted by atomic mass is 10.00. The molecule has 0 fully saturated rings. The van der Waals surface area contributed by atoms with Gasteiger partial charge in [-0.05, 0) is 41.8 Å². The molecule has 0 saturated carbocycles. The summed E-state index contributed by atoms with van der Waals surface area (Å²) in [6.07, 6.45) is 0.413. The minimum atomic E-state index is -0.589. The number of aliphatic hydroxyl groups excluding tert-OH is 1. The van der Waals surface area contributed by atoms with Crippen LogP contribution < -0.4 is 10.1 Å². The summed E-state index contributed by atoms with van der Waals surface area (Å²) in [5.41, 5.74) is 4.40. The first kappa shape index (κ1) is 20.8. The van der Waals surface area contributed by atoms with Gasteiger partial charge in [0, 0.05) is 32.7 Å². The van der Waals surface area contributed by atoms with E-state index in [4.69, 9.17) is 4.74 Å². The SMILES string of the molecule is CCNCc1ccc2c(c1)OCCN(CC(O)CN1CCc3ccccc3C1)C2=O. The minimum absolute atomic E-state index is 0.0689. The van der Waals surface area contributed by atoms with Crippen LogP contribution in [-0.4, -0.2) is 66.2 Å². The Morgan fingerprint density at radius 2 is 1.97 bits per heavy atom. The molecule has 2 aromatic rings. The lowest BCUT2D eigenvalue weighted by Crippen LogP contribution is -2.44. The van der Waals surface area contributed by atoms with Crippen LogP contribution in [0.15, 0.2) is 42.5 Å². The first-order valence-electron chi connectivity index (χ1n) is 10.9. The van der Waals surface area contributed by atoms with Crippen LogP contribution in [0.3, 0.4) is 0 Å². The molecular formula is C24H31N3O3. The Morgan fingerprint density at radius 1 is 1.13 bits per heavy atom. The van der Waals surface area contributed by atoms with Gasteiger partial charge in [0.2, 0.25) is 0 Å². The molecule has 0 spiro atoms. The molecule has 0 aromatic heterocycles. The van der Waals surface area contributed by atoms with Gasteiger partial charge in [0.15, 0.2) is 0 Å². The van der Waals surface area contributed by atoms with Crippen LogP contribution in [0.5, 0.6) is 5.75 Å². The standard InChI is InChI=1S/C24H31N3O3/c1-2-25-14-18-7-8-22-23(13-18)30-12-11-27(24(22)29)17-21(28)16-26-10-9-19-5-3-4-6-20(19)15-26/h3-8,13,21,25,28H,2,9-12,14-17H2,1H3. The lowest BCUT2D eigenvalue weighted by molar-refractivity contribution is 0.0501. The average Bonchev–Trinajstić information content (AvgIpc) is 2.90. The van der Waals surface area contributed by atoms with Gasteiger partial charge < -0.3 is 20.1 Å². The molecule has 1 atom stereocenters. The number of carbonyl (C=O) groups excluding carboxylic acids is 1. The Bertz CT molecular complexity index is 886. The Kier molecular flexibility index (Phi) is 6.67. The second kappa shape index (κ2) is 9.60. The van der Waals surface area contributed by atoms with Crippen LogP contribution in [0.2, 0.25) is 0 Å². The third-order valence-electron chi connectivity index (χ3n) is 5.87. The fourth-order valence-electron chi connectivity index (χ4n) is 4.27. The van der Waals surface area contributed by atoms with Crippen molar-refractivity contribution >= 4 is 5.91 Å². The van der Waals surface area contributed by atoms with E-state index in [2.05, 4.69) is 41.4 Å². The number of ether oxygens (including phenoxy) is 1. The van der Waals surface area contributed by atoms with Gasteiger partial charge in [0.25, 0.3) is 5.91 Å². The molecular weight excluding hydrogens is 378 g/mol. The van der Waals surface area contributed by atoms with Crippen molar-refractivity contribution in [2.45, 2.75) is 32.5 Å². The molecule has 30 heavy (non-hydrogen) atoms. The lowest BCUT2D eigenvalue weighted by Gasteiger charge is -2.32. The number of aliphatic hydroxyl groups is 1. The highest BCUT2D eigenvalue weighted by Crippen LogP contribution is 2.25. The third-order valence-corrected chi connectivity index (χ3v) is 5.87. The Balaban J connectivity index is 1.37. The van der Waals surface area contributed by atoms with E-state index in [1.807, 2.05) is 18.2 Å². The van der Waals surface area contributed by atoms with E-state index < -0.39 is 6.10 Å². The highest BCUT2D eigenvalue weighted by molar-refractivity contribution is 5.97. The number of nitrogens with zero attached hydrogens (tertiary/aromatic N) is 2. The third kappa shape index (κ3) is 4.83. The van der Waals surface area contributed by atoms with Gasteiger partial charge in [-0.15, -0.1) is 0 Å². The van der Waals surface area contributed by atoms with Gasteiger partial charge in [-0.25, -0.2) is 0 Å². The fourth-order valence-corrected chi connectivity index (χ4v) is 4.27. The van der Waals surface area contributed by atoms with Gasteiger partial charge in [-0.1, -0.05) is 37.3 Å². The molecule has 2 aliphatic rings. The zero-order chi connectivity index (χ0) is 20.9. The number of benzene rings is 2. The molecule has 0 bridgehead atoms. The quantitative estimate of drug-likeness (QED) is 0.733. The summed E-state index contributed by atoms with van der Waals surface area (Å²) in [5, 5.41) is 14.0. The van der Waals surface area contributed by atoms with Gasteiger partial charge in [0.1, 0.15) is 12.4 Å². The van der Waals surface area contributed by atoms with Crippen LogP contribution in [0.1, 0.15) is 34.0 Å². The first-order valence-corrected chi connectivity index (χ1v) is 10.9. The van der Waals surface area contributed by atoms with E-state index in [1.54, 1.807) is 4.90 Å². The smallest absolute Gasteiger partial charge is 0.257 e. The summed E-state index contributed by atoms with van der Waals surface area (Å²) in [7, 11) is 0. The molecule has 6 nitrogen and oxygen atoms in total. The number of carbonyl (C=O) groups is 1. The molecule has 2 N–H and O–H groups in total. The van der Waals surface area contributed by atoms with E-state index in [0.717, 1.165) is 38.2 Å². The Labute approximate surface area is 178 Å². The van der Waals surface area contributed by atoms with Crippen molar-refractivity contribution in [3.63, 3.8) is 0 Å². The summed E-state index contributed by atoms with van der Waals surface area (Å²) in [4.78, 5) is 17.1. The molecule has 1 unspecified atom stereocenters. The first-order chi connectivity index (χ1) is 14.6. The van der Waals surface area contributed by atoms with Crippen molar-refractivity contribution in [1.29, 1.82) is 0 Å². The van der Waals surface area contributed by atoms with E-state index in [1.165, 1.54) is 11.1 Å². The van der Waals surface area contributed by atoms with Crippen LogP contribution in [0.4, 0.5) is 0 Å². The van der Waals surface area contributed by atoms with Gasteiger partial charge in [-0.3, -0.25) is 9.69 Å². The molecule has 2 heterocycles. The van der Waals surface area contributed by atoms with Crippen LogP contribution in [-0.2, 0) is 19.5 Å². The maximum Gasteiger partial charge on any atom is 0.257 e. The normalized spacial score (nSPS) is 17.7. The van der Waals surface area contributed by atoms with E-state index >= 15 is 0 Å². The van der Waals surface area contributed by atoms with Crippen molar-refractivity contribution in [3.8, 4) is 5.75 Å². The number of nitrogens with one attached hydrogen (secondary N) is 1. The topological polar surface area (TPSA) is 65.0 Å². The summed E-state index contributed by atoms with van der Waals surface area (Å²) >= 11 is 0. The van der Waals surface area contributed by atoms with E-state index in [0.29, 0.717) is 37.6 Å². The maximum atomic E-state index is 13.1. The molecule has 4 rings (SSSR count). The summed E-state index contributed by atoms with van der Waals surface area (Å²) in [5.74, 6) is 0.570. The zero-order valence-corrected chi connectivity index (χ0v) is 17.6. The summed E-state index contributed by atoms with van der Waals surface area (Å²) in [6.45, 7) is 7.29. The minimum Gasteiger partial charge on any atom is -0.491 e. The van der Waals surface area contributed by atoms with Gasteiger partial charge in [-0.2, -0.15) is 0 Å². The summed E-state index contributed by atoms with van der Waals surface area (Å²) < 4.78 is 5.86. The Hall–Kier alpha value is -2.41. The predicted octanol–water partition coefficient (Wildman–Crippen LogP) is 2.05. The van der Waals surface area contributed by atoms with Crippen molar-refractivity contribution in [3.05, 3.63) is 64.7 Å². The highest BCUT2D eigenvalue weighted by Gasteiger charge is 2.27. The second-order valence-corrected chi connectivity index (χ2v) is 8.12. The van der Waals surface area contributed by atoms with Crippen LogP contribution in [0.25, 0.3) is 0 Å². The average molecular weight is 410 g/mol. The number of fused-ring (bicyclic) bond motifs is 2. The molecule has 2 aromatic carbocycles. The van der Waals surface area contributed by atoms with Gasteiger partial charge >= 0.3 is 0 Å². The van der Waals surface area contributed by atoms with Crippen molar-refractivity contribution in [2.24, 2.45) is 0 Å². The number of amides is 1. The Morgan fingerprint density at radius 3 is 2.80 bits per heavy atom. The number of hydrogen-bond acceptors (Lipinski definition) is 5. The molecule has 1 amide bonds. The molecule has 0 aliphatic carbocycles. The molecule has 0 saturated heterocycles. The van der Waals surface area contributed by atoms with Crippen molar-refractivity contribution < 1.29 is 14.6 Å². The number of rotatable bonds is 7. The van der Waals surface area contributed by atoms with E-state index in [-0.39, 0.29) is 5.91 Å². The van der Waals surface area contributed by atoms with Crippen molar-refractivity contribution in [1.82, 2.24) is 15.1 Å². The molecule has 6 heteroatoms. The number of β-amino-alcohol motifs (C(OH)–C–C–N with tert-alkyl or cyclic N) is 1. The van der Waals surface area contributed by atoms with E-state index in [9.17, 15) is 9.90 Å². The molecule has 160 valence electrons. The fraction of sp³-hybridized carbons (Fsp3) is 0.458. The number of hydrogen-bond donors (Lipinski definition) is 2.